The predicted molar refractivity (Wildman–Crippen MR) is 102 cm³/mol. The van der Waals surface area contributed by atoms with E-state index in [-0.39, 0.29) is 12.5 Å². The summed E-state index contributed by atoms with van der Waals surface area (Å²) in [6.07, 6.45) is 2.56. The van der Waals surface area contributed by atoms with Crippen LogP contribution >= 0.6 is 0 Å². The lowest BCUT2D eigenvalue weighted by Crippen LogP contribution is -2.25. The standard InChI is InChI=1S/C21H21N3O2/c1-16(19-11-7-13-22-19)23-24-21(25)15-26-20-12-6-5-10-18(20)14-17-8-3-2-4-9-17/h2-13,22H,14-15H2,1H3,(H,24,25)/b23-16+. The first kappa shape index (κ1) is 17.5. The van der Waals surface area contributed by atoms with Crippen LogP contribution in [0.2, 0.25) is 0 Å². The molecule has 0 bridgehead atoms. The predicted octanol–water partition coefficient (Wildman–Crippen LogP) is 3.52. The Morgan fingerprint density at radius 3 is 2.58 bits per heavy atom. The summed E-state index contributed by atoms with van der Waals surface area (Å²) in [6, 6.07) is 21.7. The van der Waals surface area contributed by atoms with Crippen LogP contribution in [0.15, 0.2) is 78.0 Å². The molecular weight excluding hydrogens is 326 g/mol. The second-order valence-electron chi connectivity index (χ2n) is 5.87. The van der Waals surface area contributed by atoms with Gasteiger partial charge in [0.1, 0.15) is 5.75 Å². The molecule has 0 aliphatic rings. The van der Waals surface area contributed by atoms with E-state index in [1.54, 1.807) is 0 Å². The Bertz CT molecular complexity index is 871. The normalized spacial score (nSPS) is 11.2. The van der Waals surface area contributed by atoms with Gasteiger partial charge < -0.3 is 9.72 Å². The number of benzene rings is 2. The number of rotatable bonds is 7. The molecule has 1 aromatic heterocycles. The summed E-state index contributed by atoms with van der Waals surface area (Å²) in [5, 5.41) is 4.07. The molecule has 5 nitrogen and oxygen atoms in total. The van der Waals surface area contributed by atoms with Crippen LogP contribution in [-0.4, -0.2) is 23.2 Å². The number of para-hydroxylation sites is 1. The molecule has 0 fully saturated rings. The van der Waals surface area contributed by atoms with Crippen molar-refractivity contribution in [2.75, 3.05) is 6.61 Å². The lowest BCUT2D eigenvalue weighted by atomic mass is 10.0. The Morgan fingerprint density at radius 2 is 1.81 bits per heavy atom. The van der Waals surface area contributed by atoms with Crippen LogP contribution in [0.1, 0.15) is 23.7 Å². The van der Waals surface area contributed by atoms with Crippen molar-refractivity contribution in [2.24, 2.45) is 5.10 Å². The first-order chi connectivity index (χ1) is 12.7. The third-order valence-corrected chi connectivity index (χ3v) is 3.90. The van der Waals surface area contributed by atoms with Gasteiger partial charge in [0.15, 0.2) is 6.61 Å². The van der Waals surface area contributed by atoms with Gasteiger partial charge in [-0.25, -0.2) is 5.43 Å². The third-order valence-electron chi connectivity index (χ3n) is 3.90. The number of hydrogen-bond acceptors (Lipinski definition) is 3. The van der Waals surface area contributed by atoms with Gasteiger partial charge >= 0.3 is 0 Å². The van der Waals surface area contributed by atoms with Gasteiger partial charge in [0.2, 0.25) is 0 Å². The number of H-pyrrole nitrogens is 1. The highest BCUT2D eigenvalue weighted by atomic mass is 16.5. The molecule has 26 heavy (non-hydrogen) atoms. The zero-order chi connectivity index (χ0) is 18.2. The highest BCUT2D eigenvalue weighted by Crippen LogP contribution is 2.21. The first-order valence-electron chi connectivity index (χ1n) is 8.44. The molecule has 1 heterocycles. The summed E-state index contributed by atoms with van der Waals surface area (Å²) < 4.78 is 5.71. The minimum absolute atomic E-state index is 0.0900. The largest absolute Gasteiger partial charge is 0.483 e. The average molecular weight is 347 g/mol. The number of nitrogens with zero attached hydrogens (tertiary/aromatic N) is 1. The van der Waals surface area contributed by atoms with Gasteiger partial charge in [0.05, 0.1) is 11.4 Å². The van der Waals surface area contributed by atoms with E-state index in [1.165, 1.54) is 5.56 Å². The Balaban J connectivity index is 1.57. The van der Waals surface area contributed by atoms with E-state index in [2.05, 4.69) is 27.6 Å². The summed E-state index contributed by atoms with van der Waals surface area (Å²) in [5.74, 6) is 0.405. The Kier molecular flexibility index (Phi) is 5.83. The van der Waals surface area contributed by atoms with Crippen LogP contribution in [0.4, 0.5) is 0 Å². The Labute approximate surface area is 152 Å². The van der Waals surface area contributed by atoms with E-state index in [1.807, 2.05) is 67.7 Å². The maximum atomic E-state index is 12.0. The second kappa shape index (κ2) is 8.67. The van der Waals surface area contributed by atoms with E-state index in [0.29, 0.717) is 11.5 Å². The number of aromatic nitrogens is 1. The van der Waals surface area contributed by atoms with Crippen LogP contribution in [-0.2, 0) is 11.2 Å². The molecule has 0 saturated carbocycles. The number of nitrogens with one attached hydrogen (secondary N) is 2. The highest BCUT2D eigenvalue weighted by molar-refractivity contribution is 5.97. The molecule has 2 N–H and O–H groups in total. The van der Waals surface area contributed by atoms with E-state index in [0.717, 1.165) is 17.7 Å². The van der Waals surface area contributed by atoms with Crippen molar-refractivity contribution in [1.82, 2.24) is 10.4 Å². The fourth-order valence-corrected chi connectivity index (χ4v) is 2.54. The molecule has 1 amide bonds. The van der Waals surface area contributed by atoms with Crippen molar-refractivity contribution in [2.45, 2.75) is 13.3 Å². The van der Waals surface area contributed by atoms with Gasteiger partial charge in [-0.1, -0.05) is 48.5 Å². The zero-order valence-corrected chi connectivity index (χ0v) is 14.6. The van der Waals surface area contributed by atoms with E-state index >= 15 is 0 Å². The molecule has 132 valence electrons. The van der Waals surface area contributed by atoms with Gasteiger partial charge in [-0.15, -0.1) is 0 Å². The minimum atomic E-state index is -0.301. The third kappa shape index (κ3) is 4.83. The van der Waals surface area contributed by atoms with Crippen LogP contribution in [0.25, 0.3) is 0 Å². The molecule has 2 aromatic carbocycles. The van der Waals surface area contributed by atoms with Gasteiger partial charge in [0.25, 0.3) is 5.91 Å². The summed E-state index contributed by atoms with van der Waals surface area (Å²) in [4.78, 5) is 15.0. The zero-order valence-electron chi connectivity index (χ0n) is 14.6. The SMILES string of the molecule is C/C(=N\NC(=O)COc1ccccc1Cc1ccccc1)c1ccc[nH]1. The van der Waals surface area contributed by atoms with E-state index in [4.69, 9.17) is 4.74 Å². The highest BCUT2D eigenvalue weighted by Gasteiger charge is 2.07. The van der Waals surface area contributed by atoms with E-state index < -0.39 is 0 Å². The van der Waals surface area contributed by atoms with Gasteiger partial charge in [-0.2, -0.15) is 5.10 Å². The Morgan fingerprint density at radius 1 is 1.04 bits per heavy atom. The molecule has 3 rings (SSSR count). The van der Waals surface area contributed by atoms with Gasteiger partial charge in [0, 0.05) is 12.6 Å². The van der Waals surface area contributed by atoms with Gasteiger partial charge in [-0.05, 0) is 36.2 Å². The lowest BCUT2D eigenvalue weighted by Gasteiger charge is -2.11. The fraction of sp³-hybridized carbons (Fsp3) is 0.143. The van der Waals surface area contributed by atoms with Crippen molar-refractivity contribution in [1.29, 1.82) is 0 Å². The number of amides is 1. The number of ether oxygens (including phenoxy) is 1. The number of carbonyl (C=O) groups excluding carboxylic acids is 1. The van der Waals surface area contributed by atoms with Crippen LogP contribution in [0, 0.1) is 0 Å². The summed E-state index contributed by atoms with van der Waals surface area (Å²) in [6.45, 7) is 1.73. The first-order valence-corrected chi connectivity index (χ1v) is 8.44. The van der Waals surface area contributed by atoms with Crippen LogP contribution in [0.3, 0.4) is 0 Å². The summed E-state index contributed by atoms with van der Waals surface area (Å²) >= 11 is 0. The number of hydrazone groups is 1. The molecular formula is C21H21N3O2. The number of hydrogen-bond donors (Lipinski definition) is 2. The van der Waals surface area contributed by atoms with Crippen molar-refractivity contribution in [3.8, 4) is 5.75 Å². The molecule has 0 radical (unpaired) electrons. The maximum absolute atomic E-state index is 12.0. The summed E-state index contributed by atoms with van der Waals surface area (Å²) in [7, 11) is 0. The van der Waals surface area contributed by atoms with E-state index in [9.17, 15) is 4.79 Å². The molecule has 0 aliphatic carbocycles. The second-order valence-corrected chi connectivity index (χ2v) is 5.87. The van der Waals surface area contributed by atoms with Gasteiger partial charge in [-0.3, -0.25) is 4.79 Å². The van der Waals surface area contributed by atoms with Crippen LogP contribution in [0.5, 0.6) is 5.75 Å². The molecule has 3 aromatic rings. The quantitative estimate of drug-likeness (QED) is 0.507. The fourth-order valence-electron chi connectivity index (χ4n) is 2.54. The topological polar surface area (TPSA) is 66.5 Å². The molecule has 0 aliphatic heterocycles. The maximum Gasteiger partial charge on any atom is 0.277 e. The molecule has 0 saturated heterocycles. The monoisotopic (exact) mass is 347 g/mol. The number of aromatic amines is 1. The van der Waals surface area contributed by atoms with Crippen molar-refractivity contribution in [3.63, 3.8) is 0 Å². The molecule has 5 heteroatoms. The van der Waals surface area contributed by atoms with Crippen LogP contribution < -0.4 is 10.2 Å². The smallest absolute Gasteiger partial charge is 0.277 e. The molecule has 0 atom stereocenters. The summed E-state index contributed by atoms with van der Waals surface area (Å²) in [5.41, 5.74) is 6.31. The molecule has 0 spiro atoms. The number of carbonyl (C=O) groups is 1. The van der Waals surface area contributed by atoms with Crippen molar-refractivity contribution < 1.29 is 9.53 Å². The molecule has 0 unspecified atom stereocenters. The average Bonchev–Trinajstić information content (AvgIpc) is 3.21. The minimum Gasteiger partial charge on any atom is -0.483 e. The Hall–Kier alpha value is -3.34. The van der Waals surface area contributed by atoms with Crippen molar-refractivity contribution >= 4 is 11.6 Å². The lowest BCUT2D eigenvalue weighted by molar-refractivity contribution is -0.123. The van der Waals surface area contributed by atoms with Crippen molar-refractivity contribution in [3.05, 3.63) is 89.7 Å².